The van der Waals surface area contributed by atoms with Crippen LogP contribution in [-0.2, 0) is 13.6 Å². The third-order valence-corrected chi connectivity index (χ3v) is 2.69. The van der Waals surface area contributed by atoms with Gasteiger partial charge in [0.2, 0.25) is 0 Å². The Morgan fingerprint density at radius 1 is 1.50 bits per heavy atom. The summed E-state index contributed by atoms with van der Waals surface area (Å²) < 4.78 is 4.58. The lowest BCUT2D eigenvalue weighted by Crippen LogP contribution is -2.06. The second-order valence-corrected chi connectivity index (χ2v) is 4.22. The fourth-order valence-electron chi connectivity index (χ4n) is 1.14. The van der Waals surface area contributed by atoms with Crippen molar-refractivity contribution in [3.63, 3.8) is 0 Å². The highest BCUT2D eigenvalue weighted by Gasteiger charge is 2.05. The molecule has 0 fully saturated rings. The topological polar surface area (TPSA) is 35.6 Å². The Labute approximate surface area is 94.6 Å². The van der Waals surface area contributed by atoms with Gasteiger partial charge in [-0.25, -0.2) is 4.98 Å². The molecule has 0 unspecified atom stereocenters. The summed E-state index contributed by atoms with van der Waals surface area (Å²) >= 11 is 9.19. The molecule has 14 heavy (non-hydrogen) atoms. The molecule has 0 aliphatic carbocycles. The molecule has 0 saturated carbocycles. The molecule has 0 spiro atoms. The van der Waals surface area contributed by atoms with E-state index in [0.717, 1.165) is 10.3 Å². The van der Waals surface area contributed by atoms with Gasteiger partial charge in [-0.3, -0.25) is 4.68 Å². The van der Waals surface area contributed by atoms with Gasteiger partial charge in [-0.2, -0.15) is 5.10 Å². The Bertz CT molecular complexity index is 448. The SMILES string of the molecule is Cn1c(Cl)cnc1Cn1cc(Br)cn1. The molecular formula is C8H8BrClN4. The standard InChI is InChI=1S/C8H8BrClN4/c1-13-7(10)3-11-8(13)5-14-4-6(9)2-12-14/h2-4H,5H2,1H3. The van der Waals surface area contributed by atoms with E-state index in [-0.39, 0.29) is 0 Å². The second kappa shape index (κ2) is 3.74. The van der Waals surface area contributed by atoms with Crippen LogP contribution < -0.4 is 0 Å². The normalized spacial score (nSPS) is 10.8. The smallest absolute Gasteiger partial charge is 0.131 e. The number of nitrogens with zero attached hydrogens (tertiary/aromatic N) is 4. The van der Waals surface area contributed by atoms with Crippen LogP contribution in [0.3, 0.4) is 0 Å². The van der Waals surface area contributed by atoms with Crippen molar-refractivity contribution in [1.82, 2.24) is 19.3 Å². The van der Waals surface area contributed by atoms with E-state index < -0.39 is 0 Å². The minimum atomic E-state index is 0.620. The molecule has 0 radical (unpaired) electrons. The first-order valence-corrected chi connectivity index (χ1v) is 5.18. The Kier molecular flexibility index (Phi) is 2.60. The molecule has 0 bridgehead atoms. The Balaban J connectivity index is 2.22. The van der Waals surface area contributed by atoms with E-state index in [1.54, 1.807) is 17.1 Å². The molecule has 0 aliphatic rings. The Morgan fingerprint density at radius 3 is 2.79 bits per heavy atom. The monoisotopic (exact) mass is 274 g/mol. The van der Waals surface area contributed by atoms with Crippen LogP contribution in [0.25, 0.3) is 0 Å². The maximum atomic E-state index is 5.86. The molecule has 0 saturated heterocycles. The molecule has 2 aromatic rings. The minimum absolute atomic E-state index is 0.620. The largest absolute Gasteiger partial charge is 0.321 e. The first kappa shape index (κ1) is 9.73. The Hall–Kier alpha value is -0.810. The molecular weight excluding hydrogens is 267 g/mol. The van der Waals surface area contributed by atoms with Crippen LogP contribution in [0.2, 0.25) is 5.15 Å². The highest BCUT2D eigenvalue weighted by atomic mass is 79.9. The van der Waals surface area contributed by atoms with Crippen molar-refractivity contribution in [2.24, 2.45) is 7.05 Å². The van der Waals surface area contributed by atoms with E-state index in [1.165, 1.54) is 0 Å². The Morgan fingerprint density at radius 2 is 2.29 bits per heavy atom. The van der Waals surface area contributed by atoms with Crippen molar-refractivity contribution < 1.29 is 0 Å². The summed E-state index contributed by atoms with van der Waals surface area (Å²) in [7, 11) is 1.88. The van der Waals surface area contributed by atoms with Crippen molar-refractivity contribution in [2.75, 3.05) is 0 Å². The predicted octanol–water partition coefficient (Wildman–Crippen LogP) is 2.08. The molecule has 6 heteroatoms. The van der Waals surface area contributed by atoms with E-state index in [9.17, 15) is 0 Å². The summed E-state index contributed by atoms with van der Waals surface area (Å²) in [6, 6.07) is 0. The molecule has 2 aromatic heterocycles. The fraction of sp³-hybridized carbons (Fsp3) is 0.250. The van der Waals surface area contributed by atoms with Crippen LogP contribution in [0.15, 0.2) is 23.1 Å². The highest BCUT2D eigenvalue weighted by Crippen LogP contribution is 2.11. The summed E-state index contributed by atoms with van der Waals surface area (Å²) in [5, 5.41) is 4.77. The van der Waals surface area contributed by atoms with E-state index in [0.29, 0.717) is 11.7 Å². The van der Waals surface area contributed by atoms with Crippen molar-refractivity contribution in [2.45, 2.75) is 6.54 Å². The van der Waals surface area contributed by atoms with E-state index in [2.05, 4.69) is 26.0 Å². The number of hydrogen-bond donors (Lipinski definition) is 0. The van der Waals surface area contributed by atoms with Crippen LogP contribution in [0.5, 0.6) is 0 Å². The summed E-state index contributed by atoms with van der Waals surface area (Å²) in [4.78, 5) is 4.17. The number of halogens is 2. The van der Waals surface area contributed by atoms with Gasteiger partial charge in [-0.1, -0.05) is 11.6 Å². The minimum Gasteiger partial charge on any atom is -0.321 e. The molecule has 2 rings (SSSR count). The van der Waals surface area contributed by atoms with Gasteiger partial charge in [-0.15, -0.1) is 0 Å². The van der Waals surface area contributed by atoms with Crippen molar-refractivity contribution in [1.29, 1.82) is 0 Å². The van der Waals surface area contributed by atoms with E-state index in [1.807, 2.05) is 17.8 Å². The molecule has 4 nitrogen and oxygen atoms in total. The zero-order chi connectivity index (χ0) is 10.1. The summed E-state index contributed by atoms with van der Waals surface area (Å²) in [6.07, 6.45) is 5.27. The molecule has 0 atom stereocenters. The fourth-order valence-corrected chi connectivity index (χ4v) is 1.62. The zero-order valence-corrected chi connectivity index (χ0v) is 9.83. The van der Waals surface area contributed by atoms with Crippen LogP contribution in [0.1, 0.15) is 5.82 Å². The van der Waals surface area contributed by atoms with Gasteiger partial charge < -0.3 is 4.57 Å². The highest BCUT2D eigenvalue weighted by molar-refractivity contribution is 9.10. The van der Waals surface area contributed by atoms with Gasteiger partial charge in [-0.05, 0) is 15.9 Å². The van der Waals surface area contributed by atoms with Crippen LogP contribution in [0, 0.1) is 0 Å². The average Bonchev–Trinajstić information content (AvgIpc) is 2.67. The molecule has 0 amide bonds. The number of aromatic nitrogens is 4. The van der Waals surface area contributed by atoms with Crippen LogP contribution in [0.4, 0.5) is 0 Å². The maximum absolute atomic E-state index is 5.86. The molecule has 74 valence electrons. The van der Waals surface area contributed by atoms with Crippen molar-refractivity contribution in [3.8, 4) is 0 Å². The number of hydrogen-bond acceptors (Lipinski definition) is 2. The van der Waals surface area contributed by atoms with Crippen molar-refractivity contribution >= 4 is 27.5 Å². The maximum Gasteiger partial charge on any atom is 0.131 e. The van der Waals surface area contributed by atoms with Gasteiger partial charge in [0.05, 0.1) is 23.4 Å². The average molecular weight is 276 g/mol. The summed E-state index contributed by atoms with van der Waals surface area (Å²) in [5.41, 5.74) is 0. The number of imidazole rings is 1. The van der Waals surface area contributed by atoms with E-state index in [4.69, 9.17) is 11.6 Å². The third-order valence-electron chi connectivity index (χ3n) is 1.93. The first-order chi connectivity index (χ1) is 6.66. The van der Waals surface area contributed by atoms with E-state index >= 15 is 0 Å². The van der Waals surface area contributed by atoms with Crippen LogP contribution >= 0.6 is 27.5 Å². The molecule has 0 aliphatic heterocycles. The molecule has 0 aromatic carbocycles. The summed E-state index contributed by atoms with van der Waals surface area (Å²) in [6.45, 7) is 0.620. The van der Waals surface area contributed by atoms with Gasteiger partial charge in [0.1, 0.15) is 11.0 Å². The van der Waals surface area contributed by atoms with Crippen LogP contribution in [-0.4, -0.2) is 19.3 Å². The molecule has 0 N–H and O–H groups in total. The van der Waals surface area contributed by atoms with Gasteiger partial charge in [0.25, 0.3) is 0 Å². The van der Waals surface area contributed by atoms with Gasteiger partial charge in [0, 0.05) is 13.2 Å². The van der Waals surface area contributed by atoms with Crippen molar-refractivity contribution in [3.05, 3.63) is 34.0 Å². The number of rotatable bonds is 2. The lowest BCUT2D eigenvalue weighted by molar-refractivity contribution is 0.632. The lowest BCUT2D eigenvalue weighted by Gasteiger charge is -2.01. The van der Waals surface area contributed by atoms with Gasteiger partial charge >= 0.3 is 0 Å². The second-order valence-electron chi connectivity index (χ2n) is 2.91. The van der Waals surface area contributed by atoms with Gasteiger partial charge in [0.15, 0.2) is 0 Å². The molecule has 2 heterocycles. The zero-order valence-electron chi connectivity index (χ0n) is 7.48. The summed E-state index contributed by atoms with van der Waals surface area (Å²) in [5.74, 6) is 0.880. The lowest BCUT2D eigenvalue weighted by atomic mass is 10.6. The third kappa shape index (κ3) is 1.83. The predicted molar refractivity (Wildman–Crippen MR) is 57.2 cm³/mol. The first-order valence-electron chi connectivity index (χ1n) is 4.01. The quantitative estimate of drug-likeness (QED) is 0.841.